The molecule has 2 rings (SSSR count). The molecule has 130 valence electrons. The molecule has 0 fully saturated rings. The van der Waals surface area contributed by atoms with Crippen molar-refractivity contribution in [2.24, 2.45) is 5.92 Å². The highest BCUT2D eigenvalue weighted by Crippen LogP contribution is 2.23. The molecule has 1 aliphatic rings. The second-order valence-corrected chi connectivity index (χ2v) is 4.59. The molecule has 0 radical (unpaired) electrons. The molecule has 1 aromatic carbocycles. The normalized spacial score (nSPS) is 15.3. The summed E-state index contributed by atoms with van der Waals surface area (Å²) in [5, 5.41) is 0. The van der Waals surface area contributed by atoms with Crippen LogP contribution in [0.3, 0.4) is 0 Å². The van der Waals surface area contributed by atoms with Crippen molar-refractivity contribution in [1.82, 2.24) is 0 Å². The number of halogens is 1. The molecule has 0 amide bonds. The highest BCUT2D eigenvalue weighted by Gasteiger charge is 2.14. The lowest BCUT2D eigenvalue weighted by Gasteiger charge is -2.12. The average molecular weight is 320 g/mol. The van der Waals surface area contributed by atoms with Crippen LogP contribution in [0.4, 0.5) is 4.39 Å². The van der Waals surface area contributed by atoms with Crippen molar-refractivity contribution in [2.45, 2.75) is 53.9 Å². The zero-order chi connectivity index (χ0) is 18.1. The molecule has 0 aromatic heterocycles. The fourth-order valence-corrected chi connectivity index (χ4v) is 2.13. The molecule has 0 spiro atoms. The van der Waals surface area contributed by atoms with Gasteiger partial charge in [-0.25, -0.2) is 0 Å². The lowest BCUT2D eigenvalue weighted by atomic mass is 9.92. The van der Waals surface area contributed by atoms with Crippen LogP contribution in [0, 0.1) is 5.92 Å². The van der Waals surface area contributed by atoms with Gasteiger partial charge in [-0.3, -0.25) is 9.18 Å². The van der Waals surface area contributed by atoms with Crippen LogP contribution in [-0.4, -0.2) is 13.0 Å². The summed E-state index contributed by atoms with van der Waals surface area (Å²) < 4.78 is 9.50. The van der Waals surface area contributed by atoms with E-state index >= 15 is 0 Å². The van der Waals surface area contributed by atoms with Crippen LogP contribution in [-0.2, 0) is 0 Å². The summed E-state index contributed by atoms with van der Waals surface area (Å²) in [5.74, 6) is 0.715. The Bertz CT molecular complexity index is 446. The number of ketones is 1. The smallest absolute Gasteiger partial charge is 0.166 e. The fraction of sp³-hybridized carbons (Fsp3) is 0.476. The molecule has 1 nitrogen and oxygen atoms in total. The van der Waals surface area contributed by atoms with Crippen LogP contribution in [0.1, 0.15) is 64.2 Å². The quantitative estimate of drug-likeness (QED) is 0.441. The minimum absolute atomic E-state index is 0.227. The van der Waals surface area contributed by atoms with E-state index in [0.29, 0.717) is 19.5 Å². The van der Waals surface area contributed by atoms with E-state index in [1.54, 1.807) is 0 Å². The molecule has 0 heterocycles. The molecule has 0 saturated heterocycles. The first-order chi connectivity index (χ1) is 11.3. The van der Waals surface area contributed by atoms with Crippen molar-refractivity contribution < 1.29 is 9.18 Å². The molecule has 0 N–H and O–H groups in total. The first kappa shape index (κ1) is 23.6. The fourth-order valence-electron chi connectivity index (χ4n) is 2.13. The summed E-state index contributed by atoms with van der Waals surface area (Å²) >= 11 is 0. The highest BCUT2D eigenvalue weighted by molar-refractivity contribution is 5.97. The second kappa shape index (κ2) is 16.7. The van der Waals surface area contributed by atoms with Gasteiger partial charge in [0, 0.05) is 12.0 Å². The Balaban J connectivity index is 0. The predicted octanol–water partition coefficient (Wildman–Crippen LogP) is 6.81. The van der Waals surface area contributed by atoms with Gasteiger partial charge in [0.15, 0.2) is 5.78 Å². The maximum Gasteiger partial charge on any atom is 0.166 e. The lowest BCUT2D eigenvalue weighted by molar-refractivity contribution is 0.0990. The maximum absolute atomic E-state index is 12.1. The van der Waals surface area contributed by atoms with Crippen LogP contribution in [0.15, 0.2) is 54.1 Å². The zero-order valence-electron chi connectivity index (χ0n) is 15.6. The van der Waals surface area contributed by atoms with Crippen molar-refractivity contribution in [1.29, 1.82) is 0 Å². The molecule has 0 bridgehead atoms. The number of carbonyl (C=O) groups is 1. The topological polar surface area (TPSA) is 17.1 Å². The van der Waals surface area contributed by atoms with Gasteiger partial charge in [0.25, 0.3) is 0 Å². The Morgan fingerprint density at radius 2 is 1.61 bits per heavy atom. The van der Waals surface area contributed by atoms with Crippen LogP contribution >= 0.6 is 0 Å². The molecule has 1 unspecified atom stereocenters. The van der Waals surface area contributed by atoms with Crippen LogP contribution in [0.2, 0.25) is 0 Å². The monoisotopic (exact) mass is 320 g/mol. The van der Waals surface area contributed by atoms with Gasteiger partial charge in [0.1, 0.15) is 0 Å². The minimum Gasteiger partial charge on any atom is -0.294 e. The number of hydrogen-bond acceptors (Lipinski definition) is 1. The molecule has 23 heavy (non-hydrogen) atoms. The van der Waals surface area contributed by atoms with Crippen molar-refractivity contribution in [3.8, 4) is 0 Å². The number of Topliss-reactive ketones (excluding diaryl/α,β-unsaturated/α-hetero) is 1. The maximum atomic E-state index is 12.1. The van der Waals surface area contributed by atoms with Gasteiger partial charge in [0.2, 0.25) is 0 Å². The number of hydrogen-bond donors (Lipinski definition) is 0. The van der Waals surface area contributed by atoms with Crippen LogP contribution in [0.5, 0.6) is 0 Å². The SMILES string of the molecule is CC.CC.CC1CC=CCC=C1CC(=O)c1ccccc1.CF. The molecule has 0 aliphatic heterocycles. The molecule has 1 atom stereocenters. The second-order valence-electron chi connectivity index (χ2n) is 4.59. The Labute approximate surface area is 142 Å². The predicted molar refractivity (Wildman–Crippen MR) is 101 cm³/mol. The van der Waals surface area contributed by atoms with Gasteiger partial charge in [-0.2, -0.15) is 0 Å². The zero-order valence-corrected chi connectivity index (χ0v) is 15.6. The van der Waals surface area contributed by atoms with Gasteiger partial charge in [-0.1, -0.05) is 88.8 Å². The summed E-state index contributed by atoms with van der Waals surface area (Å²) in [6.07, 6.45) is 9.16. The van der Waals surface area contributed by atoms with Crippen LogP contribution < -0.4 is 0 Å². The first-order valence-electron chi connectivity index (χ1n) is 8.57. The summed E-state index contributed by atoms with van der Waals surface area (Å²) in [5.41, 5.74) is 2.10. The summed E-state index contributed by atoms with van der Waals surface area (Å²) in [6.45, 7) is 10.2. The standard InChI is InChI=1S/C16H18O.2C2H6.CH3F/c1-13-8-4-2-7-11-15(13)12-16(17)14-9-5-3-6-10-14;3*1-2/h2-6,9-11,13H,7-8,12H2,1H3;2*1-2H3;1H3. The van der Waals surface area contributed by atoms with E-state index in [4.69, 9.17) is 0 Å². The number of benzene rings is 1. The third kappa shape index (κ3) is 9.83. The number of rotatable bonds is 3. The van der Waals surface area contributed by atoms with E-state index in [-0.39, 0.29) is 5.78 Å². The molecular formula is C21H33FO. The molecule has 1 aliphatic carbocycles. The van der Waals surface area contributed by atoms with E-state index in [9.17, 15) is 9.18 Å². The number of alkyl halides is 1. The van der Waals surface area contributed by atoms with E-state index < -0.39 is 0 Å². The van der Waals surface area contributed by atoms with Gasteiger partial charge in [-0.05, 0) is 18.8 Å². The summed E-state index contributed by atoms with van der Waals surface area (Å²) in [7, 11) is 0.500. The van der Waals surface area contributed by atoms with Crippen molar-refractivity contribution >= 4 is 5.78 Å². The van der Waals surface area contributed by atoms with E-state index in [1.807, 2.05) is 58.0 Å². The molecular weight excluding hydrogens is 287 g/mol. The lowest BCUT2D eigenvalue weighted by Crippen LogP contribution is -2.06. The van der Waals surface area contributed by atoms with Crippen molar-refractivity contribution in [3.63, 3.8) is 0 Å². The Hall–Kier alpha value is -1.70. The Kier molecular flexibility index (Phi) is 17.1. The average Bonchev–Trinajstić information content (AvgIpc) is 2.85. The van der Waals surface area contributed by atoms with Gasteiger partial charge in [-0.15, -0.1) is 0 Å². The van der Waals surface area contributed by atoms with Gasteiger partial charge >= 0.3 is 0 Å². The highest BCUT2D eigenvalue weighted by atomic mass is 19.1. The minimum atomic E-state index is 0.227. The van der Waals surface area contributed by atoms with Gasteiger partial charge < -0.3 is 0 Å². The summed E-state index contributed by atoms with van der Waals surface area (Å²) in [6, 6.07) is 9.55. The van der Waals surface area contributed by atoms with Crippen LogP contribution in [0.25, 0.3) is 0 Å². The van der Waals surface area contributed by atoms with Crippen molar-refractivity contribution in [2.75, 3.05) is 7.18 Å². The Morgan fingerprint density at radius 3 is 2.17 bits per heavy atom. The summed E-state index contributed by atoms with van der Waals surface area (Å²) in [4.78, 5) is 12.1. The van der Waals surface area contributed by atoms with E-state index in [1.165, 1.54) is 5.57 Å². The molecule has 1 aromatic rings. The third-order valence-corrected chi connectivity index (χ3v) is 3.27. The largest absolute Gasteiger partial charge is 0.294 e. The number of allylic oxidation sites excluding steroid dienone is 4. The molecule has 0 saturated carbocycles. The Morgan fingerprint density at radius 1 is 1.04 bits per heavy atom. The van der Waals surface area contributed by atoms with E-state index in [0.717, 1.165) is 18.4 Å². The third-order valence-electron chi connectivity index (χ3n) is 3.27. The van der Waals surface area contributed by atoms with Crippen molar-refractivity contribution in [3.05, 3.63) is 59.7 Å². The first-order valence-corrected chi connectivity index (χ1v) is 8.57. The number of carbonyl (C=O) groups excluding carboxylic acids is 1. The van der Waals surface area contributed by atoms with Gasteiger partial charge in [0.05, 0.1) is 7.18 Å². The van der Waals surface area contributed by atoms with E-state index in [2.05, 4.69) is 25.2 Å². The molecule has 2 heteroatoms.